The van der Waals surface area contributed by atoms with E-state index in [1.807, 2.05) is 0 Å². The molecule has 0 saturated carbocycles. The van der Waals surface area contributed by atoms with Crippen LogP contribution in [0.15, 0.2) is 0 Å². The Morgan fingerprint density at radius 3 is 1.88 bits per heavy atom. The zero-order valence-electron chi connectivity index (χ0n) is 11.4. The van der Waals surface area contributed by atoms with Crippen LogP contribution >= 0.6 is 0 Å². The average Bonchev–Trinajstić information content (AvgIpc) is 2.56. The van der Waals surface area contributed by atoms with Crippen molar-refractivity contribution in [2.45, 2.75) is 32.4 Å². The largest absolute Gasteiger partial charge is 0.377 e. The fraction of sp³-hybridized carbons (Fsp3) is 1.00. The van der Waals surface area contributed by atoms with Crippen molar-refractivity contribution in [3.8, 4) is 0 Å². The highest BCUT2D eigenvalue weighted by atomic mass is 16.5. The lowest BCUT2D eigenvalue weighted by Gasteiger charge is -2.44. The van der Waals surface area contributed by atoms with Crippen LogP contribution in [0.3, 0.4) is 0 Å². The van der Waals surface area contributed by atoms with Crippen LogP contribution in [0, 0.1) is 0 Å². The summed E-state index contributed by atoms with van der Waals surface area (Å²) >= 11 is 0. The zero-order valence-corrected chi connectivity index (χ0v) is 11.4. The quantitative estimate of drug-likeness (QED) is 0.679. The molecule has 2 heterocycles. The summed E-state index contributed by atoms with van der Waals surface area (Å²) < 4.78 is 11.1. The van der Waals surface area contributed by atoms with E-state index in [4.69, 9.17) is 9.47 Å². The molecule has 0 unspecified atom stereocenters. The molecule has 0 aliphatic carbocycles. The average molecular weight is 242 g/mol. The van der Waals surface area contributed by atoms with Crippen molar-refractivity contribution in [3.63, 3.8) is 0 Å². The first-order valence-electron chi connectivity index (χ1n) is 6.72. The summed E-state index contributed by atoms with van der Waals surface area (Å²) in [5.74, 6) is 0. The van der Waals surface area contributed by atoms with E-state index in [-0.39, 0.29) is 0 Å². The van der Waals surface area contributed by atoms with Crippen LogP contribution in [0.2, 0.25) is 0 Å². The molecule has 0 spiro atoms. The highest BCUT2D eigenvalue weighted by Crippen LogP contribution is 2.17. The van der Waals surface area contributed by atoms with Crippen LogP contribution in [0.1, 0.15) is 20.8 Å². The van der Waals surface area contributed by atoms with Crippen molar-refractivity contribution in [1.82, 2.24) is 9.80 Å². The Kier molecular flexibility index (Phi) is 4.42. The molecule has 0 atom stereocenters. The Labute approximate surface area is 105 Å². The molecule has 0 amide bonds. The molecular weight excluding hydrogens is 216 g/mol. The number of ether oxygens (including phenoxy) is 2. The first kappa shape index (κ1) is 13.3. The van der Waals surface area contributed by atoms with Gasteiger partial charge in [-0.05, 0) is 20.8 Å². The third kappa shape index (κ3) is 3.65. The fourth-order valence-electron chi connectivity index (χ4n) is 2.57. The van der Waals surface area contributed by atoms with Gasteiger partial charge >= 0.3 is 0 Å². The van der Waals surface area contributed by atoms with Gasteiger partial charge in [-0.2, -0.15) is 0 Å². The van der Waals surface area contributed by atoms with Gasteiger partial charge in [0, 0.05) is 31.7 Å². The molecule has 2 fully saturated rings. The van der Waals surface area contributed by atoms with E-state index in [0.29, 0.717) is 11.6 Å². The summed E-state index contributed by atoms with van der Waals surface area (Å²) in [6, 6.07) is 0.458. The Morgan fingerprint density at radius 1 is 0.882 bits per heavy atom. The maximum absolute atomic E-state index is 5.57. The van der Waals surface area contributed by atoms with E-state index in [1.165, 1.54) is 0 Å². The fourth-order valence-corrected chi connectivity index (χ4v) is 2.57. The first-order chi connectivity index (χ1) is 8.07. The van der Waals surface area contributed by atoms with E-state index >= 15 is 0 Å². The minimum atomic E-state index is 0.294. The van der Waals surface area contributed by atoms with E-state index < -0.39 is 0 Å². The summed E-state index contributed by atoms with van der Waals surface area (Å²) in [7, 11) is 0. The normalized spacial score (nSPS) is 27.0. The number of hydrogen-bond acceptors (Lipinski definition) is 4. The molecule has 4 nitrogen and oxygen atoms in total. The Morgan fingerprint density at radius 2 is 1.41 bits per heavy atom. The molecule has 2 rings (SSSR count). The molecular formula is C13H26N2O2. The third-order valence-corrected chi connectivity index (χ3v) is 3.77. The first-order valence-corrected chi connectivity index (χ1v) is 6.72. The zero-order chi connectivity index (χ0) is 12.3. The molecule has 100 valence electrons. The van der Waals surface area contributed by atoms with Gasteiger partial charge < -0.3 is 9.47 Å². The minimum Gasteiger partial charge on any atom is -0.377 e. The van der Waals surface area contributed by atoms with Gasteiger partial charge in [-0.15, -0.1) is 0 Å². The van der Waals surface area contributed by atoms with E-state index in [1.54, 1.807) is 0 Å². The number of hydrogen-bond donors (Lipinski definition) is 0. The van der Waals surface area contributed by atoms with Crippen LogP contribution in [0.25, 0.3) is 0 Å². The lowest BCUT2D eigenvalue weighted by atomic mass is 10.0. The molecule has 0 bridgehead atoms. The monoisotopic (exact) mass is 242 g/mol. The van der Waals surface area contributed by atoms with E-state index in [9.17, 15) is 0 Å². The van der Waals surface area contributed by atoms with Crippen molar-refractivity contribution in [2.75, 3.05) is 52.6 Å². The van der Waals surface area contributed by atoms with Crippen LogP contribution in [0.5, 0.6) is 0 Å². The van der Waals surface area contributed by atoms with Crippen molar-refractivity contribution < 1.29 is 9.47 Å². The summed E-state index contributed by atoms with van der Waals surface area (Å²) in [5, 5.41) is 0. The minimum absolute atomic E-state index is 0.294. The summed E-state index contributed by atoms with van der Waals surface area (Å²) in [6.45, 7) is 14.6. The predicted molar refractivity (Wildman–Crippen MR) is 68.3 cm³/mol. The molecule has 4 heteroatoms. The van der Waals surface area contributed by atoms with Gasteiger partial charge in [0.25, 0.3) is 0 Å². The predicted octanol–water partition coefficient (Wildman–Crippen LogP) is 0.818. The Bertz CT molecular complexity index is 224. The highest BCUT2D eigenvalue weighted by Gasteiger charge is 2.29. The number of rotatable bonds is 1. The second-order valence-electron chi connectivity index (χ2n) is 6.00. The van der Waals surface area contributed by atoms with Gasteiger partial charge in [0.1, 0.15) is 0 Å². The second kappa shape index (κ2) is 5.65. The lowest BCUT2D eigenvalue weighted by molar-refractivity contribution is 0.00834. The standard InChI is InChI=1S/C13H26N2O2/c1-13(2,3)15-6-4-14(5-7-15)12-10-16-8-9-17-11-12/h12H,4-11H2,1-3H3. The topological polar surface area (TPSA) is 24.9 Å². The lowest BCUT2D eigenvalue weighted by Crippen LogP contribution is -2.56. The second-order valence-corrected chi connectivity index (χ2v) is 6.00. The van der Waals surface area contributed by atoms with Gasteiger partial charge in [-0.25, -0.2) is 0 Å². The van der Waals surface area contributed by atoms with Gasteiger partial charge in [-0.3, -0.25) is 9.80 Å². The molecule has 2 aliphatic rings. The number of piperazine rings is 1. The molecule has 0 aromatic rings. The van der Waals surface area contributed by atoms with Gasteiger partial charge in [-0.1, -0.05) is 0 Å². The Balaban J connectivity index is 1.81. The van der Waals surface area contributed by atoms with Gasteiger partial charge in [0.15, 0.2) is 0 Å². The maximum atomic E-state index is 5.57. The van der Waals surface area contributed by atoms with E-state index in [0.717, 1.165) is 52.6 Å². The van der Waals surface area contributed by atoms with Crippen LogP contribution in [0.4, 0.5) is 0 Å². The molecule has 0 aromatic carbocycles. The molecule has 0 N–H and O–H groups in total. The Hall–Kier alpha value is -0.160. The van der Waals surface area contributed by atoms with Crippen molar-refractivity contribution >= 4 is 0 Å². The highest BCUT2D eigenvalue weighted by molar-refractivity contribution is 4.84. The van der Waals surface area contributed by atoms with Gasteiger partial charge in [0.2, 0.25) is 0 Å². The summed E-state index contributed by atoms with van der Waals surface area (Å²) in [6.07, 6.45) is 0. The summed E-state index contributed by atoms with van der Waals surface area (Å²) in [4.78, 5) is 5.08. The maximum Gasteiger partial charge on any atom is 0.0701 e. The van der Waals surface area contributed by atoms with Gasteiger partial charge in [0.05, 0.1) is 32.5 Å². The number of nitrogens with zero attached hydrogens (tertiary/aromatic N) is 2. The molecule has 17 heavy (non-hydrogen) atoms. The van der Waals surface area contributed by atoms with Crippen molar-refractivity contribution in [1.29, 1.82) is 0 Å². The molecule has 2 saturated heterocycles. The van der Waals surface area contributed by atoms with Crippen LogP contribution < -0.4 is 0 Å². The summed E-state index contributed by atoms with van der Waals surface area (Å²) in [5.41, 5.74) is 0.294. The van der Waals surface area contributed by atoms with Crippen LogP contribution in [-0.4, -0.2) is 74.0 Å². The van der Waals surface area contributed by atoms with Crippen LogP contribution in [-0.2, 0) is 9.47 Å². The SMILES string of the molecule is CC(C)(C)N1CCN(C2COCCOC2)CC1. The molecule has 2 aliphatic heterocycles. The van der Waals surface area contributed by atoms with E-state index in [2.05, 4.69) is 30.6 Å². The third-order valence-electron chi connectivity index (χ3n) is 3.77. The van der Waals surface area contributed by atoms with Crippen molar-refractivity contribution in [3.05, 3.63) is 0 Å². The molecule has 0 aromatic heterocycles. The molecule has 0 radical (unpaired) electrons. The smallest absolute Gasteiger partial charge is 0.0701 e. The van der Waals surface area contributed by atoms with Crippen molar-refractivity contribution in [2.24, 2.45) is 0 Å².